The standard InChI is InChI=1S/C17H16BrNO2/c1-11(12-6-4-3-5-7-12)16(18)13-8-9-14-15(10-13)21-17(20)19(14)2/h3-11,16H,1-2H3. The van der Waals surface area contributed by atoms with Crippen LogP contribution in [0.2, 0.25) is 0 Å². The van der Waals surface area contributed by atoms with Crippen LogP contribution in [0.1, 0.15) is 28.8 Å². The number of nitrogens with zero attached hydrogens (tertiary/aromatic N) is 1. The van der Waals surface area contributed by atoms with Crippen molar-refractivity contribution in [2.75, 3.05) is 0 Å². The van der Waals surface area contributed by atoms with Crippen LogP contribution in [0, 0.1) is 0 Å². The van der Waals surface area contributed by atoms with Gasteiger partial charge in [0.25, 0.3) is 0 Å². The Morgan fingerprint density at radius 3 is 2.52 bits per heavy atom. The van der Waals surface area contributed by atoms with Gasteiger partial charge in [-0.05, 0) is 29.2 Å². The van der Waals surface area contributed by atoms with Gasteiger partial charge in [0.05, 0.1) is 5.52 Å². The van der Waals surface area contributed by atoms with Gasteiger partial charge in [0.2, 0.25) is 0 Å². The van der Waals surface area contributed by atoms with Gasteiger partial charge in [0.15, 0.2) is 5.58 Å². The van der Waals surface area contributed by atoms with Crippen molar-refractivity contribution in [2.45, 2.75) is 17.7 Å². The summed E-state index contributed by atoms with van der Waals surface area (Å²) in [6.45, 7) is 2.18. The van der Waals surface area contributed by atoms with Crippen LogP contribution in [0.25, 0.3) is 11.1 Å². The van der Waals surface area contributed by atoms with Gasteiger partial charge in [-0.15, -0.1) is 0 Å². The molecule has 3 rings (SSSR count). The predicted molar refractivity (Wildman–Crippen MR) is 88.0 cm³/mol. The van der Waals surface area contributed by atoms with Crippen LogP contribution in [0.5, 0.6) is 0 Å². The van der Waals surface area contributed by atoms with Gasteiger partial charge in [-0.2, -0.15) is 0 Å². The normalized spacial score (nSPS) is 14.2. The molecule has 0 fully saturated rings. The van der Waals surface area contributed by atoms with Crippen LogP contribution in [0.3, 0.4) is 0 Å². The largest absolute Gasteiger partial charge is 0.419 e. The third kappa shape index (κ3) is 2.56. The number of alkyl halides is 1. The van der Waals surface area contributed by atoms with Crippen LogP contribution in [0.15, 0.2) is 57.7 Å². The van der Waals surface area contributed by atoms with Crippen molar-refractivity contribution >= 4 is 27.0 Å². The Kier molecular flexibility index (Phi) is 3.72. The number of hydrogen-bond acceptors (Lipinski definition) is 2. The molecule has 0 spiro atoms. The molecule has 3 nitrogen and oxygen atoms in total. The van der Waals surface area contributed by atoms with Gasteiger partial charge in [0.1, 0.15) is 0 Å². The van der Waals surface area contributed by atoms with E-state index >= 15 is 0 Å². The molecular formula is C17H16BrNO2. The molecule has 3 aromatic rings. The highest BCUT2D eigenvalue weighted by Crippen LogP contribution is 2.38. The van der Waals surface area contributed by atoms with E-state index in [1.54, 1.807) is 7.05 Å². The van der Waals surface area contributed by atoms with Crippen LogP contribution >= 0.6 is 15.9 Å². The van der Waals surface area contributed by atoms with E-state index < -0.39 is 0 Å². The lowest BCUT2D eigenvalue weighted by Gasteiger charge is -2.19. The molecular weight excluding hydrogens is 330 g/mol. The van der Waals surface area contributed by atoms with Crippen LogP contribution in [0.4, 0.5) is 0 Å². The summed E-state index contributed by atoms with van der Waals surface area (Å²) in [6.07, 6.45) is 0. The zero-order chi connectivity index (χ0) is 15.0. The number of rotatable bonds is 3. The first-order valence-electron chi connectivity index (χ1n) is 6.86. The number of benzene rings is 2. The van der Waals surface area contributed by atoms with Gasteiger partial charge in [-0.25, -0.2) is 4.79 Å². The van der Waals surface area contributed by atoms with E-state index in [0.717, 1.165) is 11.1 Å². The average Bonchev–Trinajstić information content (AvgIpc) is 2.81. The summed E-state index contributed by atoms with van der Waals surface area (Å²) in [7, 11) is 1.71. The first-order valence-corrected chi connectivity index (χ1v) is 7.78. The first kappa shape index (κ1) is 14.1. The molecule has 108 valence electrons. The second-order valence-corrected chi connectivity index (χ2v) is 6.24. The fourth-order valence-electron chi connectivity index (χ4n) is 2.54. The maximum atomic E-state index is 11.6. The van der Waals surface area contributed by atoms with E-state index in [4.69, 9.17) is 4.42 Å². The number of fused-ring (bicyclic) bond motifs is 1. The summed E-state index contributed by atoms with van der Waals surface area (Å²) in [5.74, 6) is -0.0107. The van der Waals surface area contributed by atoms with Gasteiger partial charge < -0.3 is 4.42 Å². The molecule has 1 aromatic heterocycles. The van der Waals surface area contributed by atoms with Crippen molar-refractivity contribution in [1.29, 1.82) is 0 Å². The van der Waals surface area contributed by atoms with Crippen LogP contribution < -0.4 is 5.76 Å². The highest BCUT2D eigenvalue weighted by Gasteiger charge is 2.19. The zero-order valence-electron chi connectivity index (χ0n) is 11.9. The lowest BCUT2D eigenvalue weighted by Crippen LogP contribution is -2.08. The number of aromatic nitrogens is 1. The Bertz CT molecular complexity index is 820. The van der Waals surface area contributed by atoms with Crippen LogP contribution in [-0.4, -0.2) is 4.57 Å². The molecule has 0 N–H and O–H groups in total. The fourth-order valence-corrected chi connectivity index (χ4v) is 3.13. The van der Waals surface area contributed by atoms with E-state index in [-0.39, 0.29) is 10.6 Å². The highest BCUT2D eigenvalue weighted by atomic mass is 79.9. The number of halogens is 1. The van der Waals surface area contributed by atoms with Crippen molar-refractivity contribution in [3.05, 3.63) is 70.2 Å². The Hall–Kier alpha value is -1.81. The van der Waals surface area contributed by atoms with Crippen molar-refractivity contribution in [3.63, 3.8) is 0 Å². The second-order valence-electron chi connectivity index (χ2n) is 5.26. The minimum atomic E-state index is -0.329. The summed E-state index contributed by atoms with van der Waals surface area (Å²) in [5.41, 5.74) is 3.82. The molecule has 0 aliphatic carbocycles. The number of hydrogen-bond donors (Lipinski definition) is 0. The molecule has 2 unspecified atom stereocenters. The Morgan fingerprint density at radius 2 is 1.81 bits per heavy atom. The summed E-state index contributed by atoms with van der Waals surface area (Å²) in [6, 6.07) is 16.3. The van der Waals surface area contributed by atoms with E-state index in [9.17, 15) is 4.79 Å². The van der Waals surface area contributed by atoms with Crippen molar-refractivity contribution in [3.8, 4) is 0 Å². The molecule has 2 aromatic carbocycles. The van der Waals surface area contributed by atoms with E-state index in [1.165, 1.54) is 10.1 Å². The molecule has 2 atom stereocenters. The zero-order valence-corrected chi connectivity index (χ0v) is 13.5. The molecule has 0 radical (unpaired) electrons. The van der Waals surface area contributed by atoms with Crippen molar-refractivity contribution in [1.82, 2.24) is 4.57 Å². The summed E-state index contributed by atoms with van der Waals surface area (Å²) >= 11 is 3.77. The van der Waals surface area contributed by atoms with Crippen molar-refractivity contribution in [2.24, 2.45) is 7.05 Å². The minimum Gasteiger partial charge on any atom is -0.408 e. The Balaban J connectivity index is 1.98. The first-order chi connectivity index (χ1) is 10.1. The average molecular weight is 346 g/mol. The summed E-state index contributed by atoms with van der Waals surface area (Å²) in [5, 5.41) is 0. The number of oxazole rings is 1. The van der Waals surface area contributed by atoms with Gasteiger partial charge >= 0.3 is 5.76 Å². The van der Waals surface area contributed by atoms with Gasteiger partial charge in [-0.1, -0.05) is 59.3 Å². The number of aryl methyl sites for hydroxylation is 1. The molecule has 0 saturated heterocycles. The second kappa shape index (κ2) is 5.53. The minimum absolute atomic E-state index is 0.162. The lowest BCUT2D eigenvalue weighted by molar-refractivity contribution is 0.527. The van der Waals surface area contributed by atoms with E-state index in [0.29, 0.717) is 11.5 Å². The fraction of sp³-hybridized carbons (Fsp3) is 0.235. The monoisotopic (exact) mass is 345 g/mol. The molecule has 0 amide bonds. The molecule has 21 heavy (non-hydrogen) atoms. The lowest BCUT2D eigenvalue weighted by atomic mass is 9.93. The molecule has 0 aliphatic heterocycles. The SMILES string of the molecule is CC(c1ccccc1)C(Br)c1ccc2c(c1)oc(=O)n2C. The summed E-state index contributed by atoms with van der Waals surface area (Å²) < 4.78 is 6.78. The van der Waals surface area contributed by atoms with Gasteiger partial charge in [-0.3, -0.25) is 4.57 Å². The van der Waals surface area contributed by atoms with Crippen molar-refractivity contribution < 1.29 is 4.42 Å². The maximum Gasteiger partial charge on any atom is 0.419 e. The third-order valence-corrected chi connectivity index (χ3v) is 5.22. The topological polar surface area (TPSA) is 35.1 Å². The maximum absolute atomic E-state index is 11.6. The molecule has 0 aliphatic rings. The Morgan fingerprint density at radius 1 is 1.10 bits per heavy atom. The molecule has 0 saturated carbocycles. The molecule has 4 heteroatoms. The van der Waals surface area contributed by atoms with E-state index in [2.05, 4.69) is 35.0 Å². The molecule has 0 bridgehead atoms. The highest BCUT2D eigenvalue weighted by molar-refractivity contribution is 9.09. The Labute approximate surface area is 131 Å². The summed E-state index contributed by atoms with van der Waals surface area (Å²) in [4.78, 5) is 11.7. The van der Waals surface area contributed by atoms with Gasteiger partial charge in [0, 0.05) is 11.9 Å². The van der Waals surface area contributed by atoms with E-state index in [1.807, 2.05) is 36.4 Å². The predicted octanol–water partition coefficient (Wildman–Crippen LogP) is 4.37. The quantitative estimate of drug-likeness (QED) is 0.660. The smallest absolute Gasteiger partial charge is 0.408 e. The third-order valence-electron chi connectivity index (χ3n) is 3.90. The molecule has 1 heterocycles. The van der Waals surface area contributed by atoms with Crippen LogP contribution in [-0.2, 0) is 7.05 Å².